The molecule has 0 aliphatic carbocycles. The van der Waals surface area contributed by atoms with Gasteiger partial charge in [-0.05, 0) is 37.3 Å². The van der Waals surface area contributed by atoms with Crippen molar-refractivity contribution in [3.05, 3.63) is 76.7 Å². The van der Waals surface area contributed by atoms with E-state index in [-0.39, 0.29) is 5.97 Å². The fraction of sp³-hybridized carbons (Fsp3) is 0.280. The minimum absolute atomic E-state index is 0.262. The number of hydrogen-bond acceptors (Lipinski definition) is 6. The van der Waals surface area contributed by atoms with Gasteiger partial charge in [-0.15, -0.1) is 11.3 Å². The predicted molar refractivity (Wildman–Crippen MR) is 129 cm³/mol. The van der Waals surface area contributed by atoms with Crippen molar-refractivity contribution < 1.29 is 14.0 Å². The number of quaternary nitrogens is 1. The average Bonchev–Trinajstić information content (AvgIpc) is 3.10. The minimum Gasteiger partial charge on any atom is -0.411 e. The molecule has 0 bridgehead atoms. The van der Waals surface area contributed by atoms with E-state index in [1.165, 1.54) is 4.88 Å². The number of thiophene rings is 1. The Hall–Kier alpha value is -3.16. The van der Waals surface area contributed by atoms with Crippen molar-refractivity contribution in [2.24, 2.45) is 4.99 Å². The quantitative estimate of drug-likeness (QED) is 0.464. The van der Waals surface area contributed by atoms with Gasteiger partial charge in [0.25, 0.3) is 0 Å². The standard InChI is InChI=1S/C25H27N4O2S/c1-18-16-20-23(26-21-10-6-7-11-22(21)27-24(20)32-18)28-12-14-29(2,15-13-28)17-31-25(30)19-8-4-3-5-9-19/h3-11,16,27H,12-15,17H2,1-2H3/q+1. The Bertz CT molecular complexity index is 1160. The van der Waals surface area contributed by atoms with Crippen molar-refractivity contribution in [3.8, 4) is 0 Å². The largest absolute Gasteiger partial charge is 0.411 e. The molecule has 1 N–H and O–H groups in total. The summed E-state index contributed by atoms with van der Waals surface area (Å²) >= 11 is 1.76. The van der Waals surface area contributed by atoms with Crippen molar-refractivity contribution >= 4 is 39.5 Å². The van der Waals surface area contributed by atoms with Gasteiger partial charge in [-0.3, -0.25) is 4.48 Å². The highest BCUT2D eigenvalue weighted by molar-refractivity contribution is 7.16. The molecule has 0 atom stereocenters. The summed E-state index contributed by atoms with van der Waals surface area (Å²) in [7, 11) is 2.15. The fourth-order valence-electron chi connectivity index (χ4n) is 4.15. The van der Waals surface area contributed by atoms with Gasteiger partial charge >= 0.3 is 5.97 Å². The lowest BCUT2D eigenvalue weighted by Gasteiger charge is -2.42. The number of hydrogen-bond donors (Lipinski definition) is 1. The van der Waals surface area contributed by atoms with E-state index in [1.807, 2.05) is 30.3 Å². The molecule has 1 aromatic heterocycles. The van der Waals surface area contributed by atoms with E-state index >= 15 is 0 Å². The summed E-state index contributed by atoms with van der Waals surface area (Å²) in [4.78, 5) is 21.1. The number of aryl methyl sites for hydroxylation is 1. The summed E-state index contributed by atoms with van der Waals surface area (Å²) < 4.78 is 6.35. The second-order valence-electron chi connectivity index (χ2n) is 8.66. The zero-order valence-electron chi connectivity index (χ0n) is 18.4. The van der Waals surface area contributed by atoms with Gasteiger partial charge in [0.05, 0.1) is 55.7 Å². The summed E-state index contributed by atoms with van der Waals surface area (Å²) in [5.41, 5.74) is 3.76. The van der Waals surface area contributed by atoms with Gasteiger partial charge in [0, 0.05) is 4.88 Å². The first-order chi connectivity index (χ1) is 15.5. The molecule has 2 aromatic carbocycles. The van der Waals surface area contributed by atoms with Crippen LogP contribution in [-0.4, -0.2) is 61.1 Å². The van der Waals surface area contributed by atoms with E-state index in [0.29, 0.717) is 16.8 Å². The second-order valence-corrected chi connectivity index (χ2v) is 9.91. The lowest BCUT2D eigenvalue weighted by atomic mass is 10.2. The van der Waals surface area contributed by atoms with Gasteiger partial charge in [-0.25, -0.2) is 9.79 Å². The Morgan fingerprint density at radius 3 is 2.62 bits per heavy atom. The van der Waals surface area contributed by atoms with Crippen LogP contribution < -0.4 is 5.32 Å². The van der Waals surface area contributed by atoms with Crippen molar-refractivity contribution in [3.63, 3.8) is 0 Å². The normalized spacial score (nSPS) is 16.8. The minimum atomic E-state index is -0.262. The van der Waals surface area contributed by atoms with Gasteiger partial charge in [-0.2, -0.15) is 0 Å². The van der Waals surface area contributed by atoms with Crippen LogP contribution in [0.5, 0.6) is 0 Å². The van der Waals surface area contributed by atoms with E-state index in [9.17, 15) is 4.79 Å². The maximum Gasteiger partial charge on any atom is 0.342 e. The van der Waals surface area contributed by atoms with Gasteiger partial charge in [0.2, 0.25) is 6.73 Å². The first-order valence-corrected chi connectivity index (χ1v) is 11.7. The van der Waals surface area contributed by atoms with Crippen LogP contribution in [0.2, 0.25) is 0 Å². The number of rotatable bonds is 3. The third-order valence-corrected chi connectivity index (χ3v) is 7.08. The number of ether oxygens (including phenoxy) is 1. The lowest BCUT2D eigenvalue weighted by Crippen LogP contribution is -2.59. The Labute approximate surface area is 192 Å². The van der Waals surface area contributed by atoms with Crippen molar-refractivity contribution in [1.29, 1.82) is 0 Å². The first kappa shape index (κ1) is 20.7. The molecule has 2 aliphatic heterocycles. The molecule has 3 heterocycles. The number of aliphatic imine (C=N–C) groups is 1. The van der Waals surface area contributed by atoms with Gasteiger partial charge in [0.15, 0.2) is 0 Å². The van der Waals surface area contributed by atoms with E-state index < -0.39 is 0 Å². The lowest BCUT2D eigenvalue weighted by molar-refractivity contribution is -0.928. The Balaban J connectivity index is 1.31. The van der Waals surface area contributed by atoms with Gasteiger partial charge in [-0.1, -0.05) is 30.3 Å². The zero-order chi connectivity index (χ0) is 22.1. The van der Waals surface area contributed by atoms with Crippen LogP contribution >= 0.6 is 11.3 Å². The van der Waals surface area contributed by atoms with Crippen molar-refractivity contribution in [2.75, 3.05) is 45.3 Å². The molecule has 1 saturated heterocycles. The number of nitrogens with zero attached hydrogens (tertiary/aromatic N) is 3. The van der Waals surface area contributed by atoms with Crippen LogP contribution in [0.4, 0.5) is 16.4 Å². The molecule has 0 spiro atoms. The van der Waals surface area contributed by atoms with Gasteiger partial charge < -0.3 is 15.0 Å². The molecule has 0 radical (unpaired) electrons. The fourth-order valence-corrected chi connectivity index (χ4v) is 5.07. The van der Waals surface area contributed by atoms with E-state index in [1.54, 1.807) is 23.5 Å². The Morgan fingerprint density at radius 2 is 1.84 bits per heavy atom. The highest BCUT2D eigenvalue weighted by atomic mass is 32.1. The number of benzene rings is 2. The molecule has 0 amide bonds. The average molecular weight is 448 g/mol. The molecule has 164 valence electrons. The predicted octanol–water partition coefficient (Wildman–Crippen LogP) is 4.77. The number of piperazine rings is 1. The number of anilines is 2. The van der Waals surface area contributed by atoms with Crippen molar-refractivity contribution in [1.82, 2.24) is 4.90 Å². The molecule has 1 fully saturated rings. The Morgan fingerprint density at radius 1 is 1.12 bits per heavy atom. The van der Waals surface area contributed by atoms with E-state index in [4.69, 9.17) is 9.73 Å². The molecule has 2 aliphatic rings. The summed E-state index contributed by atoms with van der Waals surface area (Å²) in [6, 6.07) is 19.6. The number of carbonyl (C=O) groups is 1. The van der Waals surface area contributed by atoms with Crippen LogP contribution in [0.1, 0.15) is 20.8 Å². The molecule has 32 heavy (non-hydrogen) atoms. The summed E-state index contributed by atoms with van der Waals surface area (Å²) in [6.07, 6.45) is 0. The van der Waals surface area contributed by atoms with Crippen LogP contribution in [0, 0.1) is 6.92 Å². The highest BCUT2D eigenvalue weighted by Gasteiger charge is 2.33. The van der Waals surface area contributed by atoms with Crippen LogP contribution in [-0.2, 0) is 4.74 Å². The van der Waals surface area contributed by atoms with Crippen LogP contribution in [0.15, 0.2) is 65.7 Å². The molecule has 6 nitrogen and oxygen atoms in total. The summed E-state index contributed by atoms with van der Waals surface area (Å²) in [6.45, 7) is 5.99. The smallest absolute Gasteiger partial charge is 0.342 e. The number of nitrogens with one attached hydrogen (secondary N) is 1. The monoisotopic (exact) mass is 447 g/mol. The maximum absolute atomic E-state index is 12.4. The maximum atomic E-state index is 12.4. The SMILES string of the molecule is Cc1cc2c(s1)Nc1ccccc1N=C2N1CC[N+](C)(COC(=O)c2ccccc2)CC1. The number of fused-ring (bicyclic) bond motifs is 2. The highest BCUT2D eigenvalue weighted by Crippen LogP contribution is 2.39. The summed E-state index contributed by atoms with van der Waals surface area (Å²) in [5.74, 6) is 0.760. The number of likely N-dealkylation sites (N-methyl/N-ethyl adjacent to an activating group) is 1. The number of carbonyl (C=O) groups excluding carboxylic acids is 1. The summed E-state index contributed by atoms with van der Waals surface area (Å²) in [5, 5.41) is 4.72. The first-order valence-electron chi connectivity index (χ1n) is 10.9. The van der Waals surface area contributed by atoms with E-state index in [2.05, 4.69) is 42.4 Å². The topological polar surface area (TPSA) is 53.9 Å². The molecule has 0 unspecified atom stereocenters. The zero-order valence-corrected chi connectivity index (χ0v) is 19.2. The molecular weight excluding hydrogens is 420 g/mol. The van der Waals surface area contributed by atoms with Gasteiger partial charge in [0.1, 0.15) is 10.8 Å². The second kappa shape index (κ2) is 8.41. The molecular formula is C25H27N4O2S+. The number of para-hydroxylation sites is 2. The third-order valence-electron chi connectivity index (χ3n) is 6.11. The van der Waals surface area contributed by atoms with E-state index in [0.717, 1.165) is 54.0 Å². The van der Waals surface area contributed by atoms with Crippen LogP contribution in [0.25, 0.3) is 0 Å². The van der Waals surface area contributed by atoms with Crippen molar-refractivity contribution in [2.45, 2.75) is 6.92 Å². The molecule has 5 rings (SSSR count). The molecule has 3 aromatic rings. The number of amidine groups is 1. The third kappa shape index (κ3) is 4.13. The van der Waals surface area contributed by atoms with Crippen LogP contribution in [0.3, 0.4) is 0 Å². The molecule has 7 heteroatoms. The number of esters is 1. The molecule has 0 saturated carbocycles. The Kier molecular flexibility index (Phi) is 5.45.